The van der Waals surface area contributed by atoms with Crippen LogP contribution in [0.25, 0.3) is 0 Å². The smallest absolute Gasteiger partial charge is 0.266 e. The molecule has 3 aliphatic rings. The first-order valence-corrected chi connectivity index (χ1v) is 8.02. The van der Waals surface area contributed by atoms with Crippen molar-refractivity contribution >= 4 is 31.1 Å². The van der Waals surface area contributed by atoms with E-state index in [1.54, 1.807) is 0 Å². The first kappa shape index (κ1) is 11.2. The normalized spacial score (nSPS) is 47.8. The summed E-state index contributed by atoms with van der Waals surface area (Å²) in [6, 6.07) is 0.403. The molecule has 2 bridgehead atoms. The van der Waals surface area contributed by atoms with Crippen LogP contribution < -0.4 is 5.73 Å². The molecule has 0 aromatic rings. The van der Waals surface area contributed by atoms with Crippen molar-refractivity contribution in [2.24, 2.45) is 11.7 Å². The lowest BCUT2D eigenvalue weighted by molar-refractivity contribution is 0.345. The van der Waals surface area contributed by atoms with Crippen LogP contribution in [0.1, 0.15) is 32.6 Å². The molecule has 14 heavy (non-hydrogen) atoms. The third kappa shape index (κ3) is 2.27. The van der Waals surface area contributed by atoms with Gasteiger partial charge in [0.2, 0.25) is 0 Å². The maximum atomic E-state index is 6.22. The van der Waals surface area contributed by atoms with Crippen LogP contribution >= 0.6 is 15.9 Å². The Balaban J connectivity index is 2.06. The third-order valence-electron chi connectivity index (χ3n) is 3.81. The summed E-state index contributed by atoms with van der Waals surface area (Å²) in [6.07, 6.45) is 9.85. The first-order chi connectivity index (χ1) is 6.63. The summed E-state index contributed by atoms with van der Waals surface area (Å²) < 4.78 is 1.66. The number of alkyl halides is 1. The Labute approximate surface area is 101 Å². The van der Waals surface area contributed by atoms with Crippen LogP contribution in [0.15, 0.2) is 12.2 Å². The number of hydrogen-bond acceptors (Lipinski definition) is 1. The summed E-state index contributed by atoms with van der Waals surface area (Å²) in [6.45, 7) is 2.10. The van der Waals surface area contributed by atoms with E-state index in [9.17, 15) is 0 Å². The number of halogens is 1. The monoisotopic (exact) mass is 271 g/mol. The molecule has 2 N–H and O–H groups in total. The average Bonchev–Trinajstić information content (AvgIpc) is 2.08. The molecule has 2 heterocycles. The van der Waals surface area contributed by atoms with Crippen LogP contribution in [0.2, 0.25) is 4.78 Å². The largest absolute Gasteiger partial charge is 0.327 e. The second kappa shape index (κ2) is 4.30. The van der Waals surface area contributed by atoms with E-state index in [1.165, 1.54) is 25.7 Å². The number of fused-ring (bicyclic) bond motifs is 4. The minimum Gasteiger partial charge on any atom is -0.327 e. The van der Waals surface area contributed by atoms with Crippen LogP contribution in [0, 0.1) is 5.92 Å². The van der Waals surface area contributed by atoms with Crippen molar-refractivity contribution in [3.8, 4) is 0 Å². The molecule has 4 unspecified atom stereocenters. The lowest BCUT2D eigenvalue weighted by atomic mass is 9.85. The lowest BCUT2D eigenvalue weighted by Crippen LogP contribution is -2.50. The summed E-state index contributed by atoms with van der Waals surface area (Å²) in [5.41, 5.74) is 6.22. The standard InChI is InChI=1S/C11H18BrN.Al.H/c1-2-5-9-8-10(12)6-3-4-7-11(9)13;;/h2-3,5,9,11H,4,6-8,13H2,1H3;;/b5-2-;;. The Morgan fingerprint density at radius 2 is 2.14 bits per heavy atom. The van der Waals surface area contributed by atoms with Crippen molar-refractivity contribution in [1.29, 1.82) is 0 Å². The maximum absolute atomic E-state index is 6.22. The third-order valence-corrected chi connectivity index (χ3v) is 8.01. The van der Waals surface area contributed by atoms with Crippen molar-refractivity contribution < 1.29 is 0 Å². The molecule has 3 fully saturated rings. The summed E-state index contributed by atoms with van der Waals surface area (Å²) in [7, 11) is 0. The second-order valence-electron chi connectivity index (χ2n) is 5.06. The van der Waals surface area contributed by atoms with Gasteiger partial charge < -0.3 is 5.73 Å². The lowest BCUT2D eigenvalue weighted by Gasteiger charge is -2.47. The minimum absolute atomic E-state index is 0.132. The molecule has 3 heteroatoms. The summed E-state index contributed by atoms with van der Waals surface area (Å²) in [4.78, 5) is 0. The number of nitrogens with two attached hydrogens (primary N) is 1. The van der Waals surface area contributed by atoms with Gasteiger partial charge in [0, 0.05) is 6.04 Å². The highest BCUT2D eigenvalue weighted by molar-refractivity contribution is 9.10. The molecule has 0 spiro atoms. The van der Waals surface area contributed by atoms with E-state index in [4.69, 9.17) is 5.73 Å². The van der Waals surface area contributed by atoms with E-state index >= 15 is 0 Å². The number of allylic oxidation sites excluding steroid dienone is 1. The molecule has 3 rings (SSSR count). The second-order valence-corrected chi connectivity index (χ2v) is 10.7. The summed E-state index contributed by atoms with van der Waals surface area (Å²) in [5, 5.41) is 0. The fraction of sp³-hybridized carbons (Fsp3) is 0.818. The molecule has 2 aliphatic heterocycles. The average molecular weight is 272 g/mol. The molecule has 1 aliphatic carbocycles. The molecule has 78 valence electrons. The van der Waals surface area contributed by atoms with E-state index in [2.05, 4.69) is 35.0 Å². The van der Waals surface area contributed by atoms with Crippen LogP contribution in [0.3, 0.4) is 0 Å². The highest BCUT2D eigenvalue weighted by Crippen LogP contribution is 2.50. The quantitative estimate of drug-likeness (QED) is 0.443. The van der Waals surface area contributed by atoms with Gasteiger partial charge in [-0.3, -0.25) is 0 Å². The van der Waals surface area contributed by atoms with Gasteiger partial charge in [0.05, 0.1) is 0 Å². The van der Waals surface area contributed by atoms with Crippen molar-refractivity contribution in [2.45, 2.75) is 46.6 Å². The van der Waals surface area contributed by atoms with Crippen molar-refractivity contribution in [1.82, 2.24) is 0 Å². The predicted molar refractivity (Wildman–Crippen MR) is 67.3 cm³/mol. The molecule has 1 nitrogen and oxygen atoms in total. The SMILES string of the molecule is C/C=C\C1C[C]2(Br)C[CH](CCC1N)[AlH]2. The van der Waals surface area contributed by atoms with Gasteiger partial charge in [-0.15, -0.1) is 15.9 Å². The Morgan fingerprint density at radius 3 is 2.79 bits per heavy atom. The fourth-order valence-corrected chi connectivity index (χ4v) is 8.26. The molecular formula is C11H19AlBrN. The topological polar surface area (TPSA) is 26.0 Å². The van der Waals surface area contributed by atoms with E-state index < -0.39 is 0 Å². The molecule has 4 atom stereocenters. The van der Waals surface area contributed by atoms with Gasteiger partial charge in [-0.2, -0.15) is 0 Å². The summed E-state index contributed by atoms with van der Waals surface area (Å²) in [5.74, 6) is 0.619. The highest BCUT2D eigenvalue weighted by atomic mass is 79.9. The number of hydrogen-bond donors (Lipinski definition) is 1. The number of rotatable bonds is 1. The Morgan fingerprint density at radius 1 is 1.43 bits per heavy atom. The van der Waals surface area contributed by atoms with Gasteiger partial charge in [-0.25, -0.2) is 0 Å². The first-order valence-electron chi connectivity index (χ1n) is 5.70. The zero-order valence-corrected chi connectivity index (χ0v) is 11.9. The van der Waals surface area contributed by atoms with E-state index in [1.807, 2.05) is 0 Å². The van der Waals surface area contributed by atoms with Gasteiger partial charge in [0.25, 0.3) is 15.2 Å². The molecule has 0 amide bonds. The molecule has 0 radical (unpaired) electrons. The van der Waals surface area contributed by atoms with Crippen molar-refractivity contribution in [3.05, 3.63) is 12.2 Å². The van der Waals surface area contributed by atoms with Crippen LogP contribution in [0.5, 0.6) is 0 Å². The van der Waals surface area contributed by atoms with Gasteiger partial charge >= 0.3 is 0 Å². The van der Waals surface area contributed by atoms with Crippen LogP contribution in [-0.4, -0.2) is 24.4 Å². The Kier molecular flexibility index (Phi) is 3.44. The van der Waals surface area contributed by atoms with Crippen LogP contribution in [0.4, 0.5) is 0 Å². The molecule has 1 saturated carbocycles. The highest BCUT2D eigenvalue weighted by Gasteiger charge is 2.47. The molecule has 0 aromatic heterocycles. The van der Waals surface area contributed by atoms with Crippen molar-refractivity contribution in [3.63, 3.8) is 0 Å². The van der Waals surface area contributed by atoms with Gasteiger partial charge in [0.15, 0.2) is 0 Å². The fourth-order valence-electron chi connectivity index (χ4n) is 3.02. The zero-order valence-electron chi connectivity index (χ0n) is 8.88. The zero-order chi connectivity index (χ0) is 10.2. The Bertz CT molecular complexity index is 235. The van der Waals surface area contributed by atoms with Crippen molar-refractivity contribution in [2.75, 3.05) is 0 Å². The molecule has 0 aromatic carbocycles. The van der Waals surface area contributed by atoms with E-state index in [0.29, 0.717) is 15.1 Å². The van der Waals surface area contributed by atoms with Gasteiger partial charge in [-0.1, -0.05) is 29.8 Å². The minimum atomic E-state index is 0.132. The Hall–Kier alpha value is 0.712. The van der Waals surface area contributed by atoms with Gasteiger partial charge in [0.1, 0.15) is 0 Å². The summed E-state index contributed by atoms with van der Waals surface area (Å²) >= 11 is 4.09. The molecule has 2 saturated heterocycles. The molecular weight excluding hydrogens is 253 g/mol. The maximum Gasteiger partial charge on any atom is 0.266 e. The van der Waals surface area contributed by atoms with Gasteiger partial charge in [-0.05, 0) is 28.9 Å². The van der Waals surface area contributed by atoms with E-state index in [0.717, 1.165) is 4.78 Å². The predicted octanol–water partition coefficient (Wildman–Crippen LogP) is 2.41. The van der Waals surface area contributed by atoms with E-state index in [-0.39, 0.29) is 15.2 Å². The van der Waals surface area contributed by atoms with Crippen LogP contribution in [-0.2, 0) is 0 Å².